The molecule has 0 spiro atoms. The van der Waals surface area contributed by atoms with Crippen molar-refractivity contribution in [3.8, 4) is 0 Å². The summed E-state index contributed by atoms with van der Waals surface area (Å²) in [6, 6.07) is 8.56. The molecule has 0 atom stereocenters. The summed E-state index contributed by atoms with van der Waals surface area (Å²) >= 11 is 3.43. The van der Waals surface area contributed by atoms with Crippen LogP contribution in [0.5, 0.6) is 0 Å². The van der Waals surface area contributed by atoms with Crippen LogP contribution in [0.2, 0.25) is 0 Å². The summed E-state index contributed by atoms with van der Waals surface area (Å²) < 4.78 is 1.15. The minimum atomic E-state index is 0. The Kier molecular flexibility index (Phi) is 3.99. The molecule has 1 saturated carbocycles. The van der Waals surface area contributed by atoms with Crippen LogP contribution < -0.4 is 5.73 Å². The van der Waals surface area contributed by atoms with Gasteiger partial charge < -0.3 is 5.73 Å². The van der Waals surface area contributed by atoms with Crippen molar-refractivity contribution in [2.24, 2.45) is 11.1 Å². The molecule has 1 aromatic carbocycles. The van der Waals surface area contributed by atoms with Crippen LogP contribution in [0.25, 0.3) is 0 Å². The van der Waals surface area contributed by atoms with Gasteiger partial charge in [0.1, 0.15) is 0 Å². The third-order valence-electron chi connectivity index (χ3n) is 2.88. The maximum absolute atomic E-state index is 5.74. The van der Waals surface area contributed by atoms with Crippen molar-refractivity contribution >= 4 is 28.3 Å². The first-order valence-electron chi connectivity index (χ1n) is 4.69. The van der Waals surface area contributed by atoms with Crippen LogP contribution in [0.3, 0.4) is 0 Å². The molecule has 0 aromatic heterocycles. The number of hydrogen-bond donors (Lipinski definition) is 1. The SMILES string of the molecule is Cl.NCC1(Cc2ccc(Br)cc2)CC1. The molecule has 78 valence electrons. The van der Waals surface area contributed by atoms with E-state index in [0.29, 0.717) is 5.41 Å². The molecular formula is C11H15BrClN. The fourth-order valence-electron chi connectivity index (χ4n) is 1.67. The topological polar surface area (TPSA) is 26.0 Å². The third-order valence-corrected chi connectivity index (χ3v) is 3.41. The zero-order chi connectivity index (χ0) is 9.31. The zero-order valence-electron chi connectivity index (χ0n) is 8.00. The Morgan fingerprint density at radius 2 is 1.79 bits per heavy atom. The number of hydrogen-bond acceptors (Lipinski definition) is 1. The van der Waals surface area contributed by atoms with Gasteiger partial charge in [0.05, 0.1) is 0 Å². The van der Waals surface area contributed by atoms with E-state index in [1.165, 1.54) is 18.4 Å². The highest BCUT2D eigenvalue weighted by Crippen LogP contribution is 2.47. The Labute approximate surface area is 99.6 Å². The molecule has 1 aliphatic rings. The smallest absolute Gasteiger partial charge is 0.0175 e. The van der Waals surface area contributed by atoms with Gasteiger partial charge in [-0.2, -0.15) is 0 Å². The van der Waals surface area contributed by atoms with E-state index >= 15 is 0 Å². The minimum absolute atomic E-state index is 0. The Morgan fingerprint density at radius 3 is 2.21 bits per heavy atom. The number of benzene rings is 1. The molecule has 0 aliphatic heterocycles. The van der Waals surface area contributed by atoms with Crippen molar-refractivity contribution in [2.75, 3.05) is 6.54 Å². The molecular weight excluding hydrogens is 261 g/mol. The van der Waals surface area contributed by atoms with Gasteiger partial charge in [-0.05, 0) is 48.9 Å². The molecule has 0 heterocycles. The van der Waals surface area contributed by atoms with Gasteiger partial charge in [0, 0.05) is 4.47 Å². The highest BCUT2D eigenvalue weighted by atomic mass is 79.9. The van der Waals surface area contributed by atoms with Crippen molar-refractivity contribution in [3.63, 3.8) is 0 Å². The van der Waals surface area contributed by atoms with Crippen molar-refractivity contribution in [1.29, 1.82) is 0 Å². The number of halogens is 2. The molecule has 0 radical (unpaired) electrons. The number of nitrogens with two attached hydrogens (primary N) is 1. The van der Waals surface area contributed by atoms with E-state index in [4.69, 9.17) is 5.73 Å². The van der Waals surface area contributed by atoms with Crippen molar-refractivity contribution < 1.29 is 0 Å². The Morgan fingerprint density at radius 1 is 1.21 bits per heavy atom. The summed E-state index contributed by atoms with van der Waals surface area (Å²) in [5.41, 5.74) is 7.60. The van der Waals surface area contributed by atoms with Crippen LogP contribution in [-0.2, 0) is 6.42 Å². The Balaban J connectivity index is 0.000000980. The van der Waals surface area contributed by atoms with Gasteiger partial charge in [0.25, 0.3) is 0 Å². The van der Waals surface area contributed by atoms with Gasteiger partial charge in [-0.3, -0.25) is 0 Å². The molecule has 0 amide bonds. The lowest BCUT2D eigenvalue weighted by Gasteiger charge is -2.11. The molecule has 3 heteroatoms. The van der Waals surface area contributed by atoms with Gasteiger partial charge in [-0.1, -0.05) is 28.1 Å². The maximum Gasteiger partial charge on any atom is 0.0175 e. The molecule has 1 aromatic rings. The van der Waals surface area contributed by atoms with Gasteiger partial charge in [-0.15, -0.1) is 12.4 Å². The summed E-state index contributed by atoms with van der Waals surface area (Å²) in [5.74, 6) is 0. The first kappa shape index (κ1) is 12.0. The second-order valence-electron chi connectivity index (χ2n) is 4.01. The molecule has 2 rings (SSSR count). The largest absolute Gasteiger partial charge is 0.330 e. The quantitative estimate of drug-likeness (QED) is 0.902. The summed E-state index contributed by atoms with van der Waals surface area (Å²) in [7, 11) is 0. The Bertz CT molecular complexity index is 293. The summed E-state index contributed by atoms with van der Waals surface area (Å²) in [6.45, 7) is 0.836. The van der Waals surface area contributed by atoms with Gasteiger partial charge >= 0.3 is 0 Å². The zero-order valence-corrected chi connectivity index (χ0v) is 10.4. The van der Waals surface area contributed by atoms with E-state index in [0.717, 1.165) is 17.4 Å². The first-order chi connectivity index (χ1) is 6.24. The van der Waals surface area contributed by atoms with E-state index in [9.17, 15) is 0 Å². The van der Waals surface area contributed by atoms with Gasteiger partial charge in [0.2, 0.25) is 0 Å². The average Bonchev–Trinajstić information content (AvgIpc) is 2.90. The van der Waals surface area contributed by atoms with Crippen LogP contribution >= 0.6 is 28.3 Å². The number of rotatable bonds is 3. The van der Waals surface area contributed by atoms with Crippen LogP contribution in [0, 0.1) is 5.41 Å². The lowest BCUT2D eigenvalue weighted by Crippen LogP contribution is -2.17. The van der Waals surface area contributed by atoms with Crippen LogP contribution in [-0.4, -0.2) is 6.54 Å². The van der Waals surface area contributed by atoms with E-state index in [-0.39, 0.29) is 12.4 Å². The summed E-state index contributed by atoms with van der Waals surface area (Å²) in [6.07, 6.45) is 3.76. The molecule has 1 aliphatic carbocycles. The van der Waals surface area contributed by atoms with Crippen molar-refractivity contribution in [1.82, 2.24) is 0 Å². The minimum Gasteiger partial charge on any atom is -0.330 e. The summed E-state index contributed by atoms with van der Waals surface area (Å²) in [5, 5.41) is 0. The standard InChI is InChI=1S/C11H14BrN.ClH/c12-10-3-1-9(2-4-10)7-11(8-13)5-6-11;/h1-4H,5-8,13H2;1H. The molecule has 1 fully saturated rings. The molecule has 0 saturated heterocycles. The lowest BCUT2D eigenvalue weighted by atomic mass is 9.97. The fraction of sp³-hybridized carbons (Fsp3) is 0.455. The van der Waals surface area contributed by atoms with E-state index in [1.54, 1.807) is 0 Å². The molecule has 0 bridgehead atoms. The van der Waals surface area contributed by atoms with Crippen LogP contribution in [0.1, 0.15) is 18.4 Å². The second-order valence-corrected chi connectivity index (χ2v) is 4.92. The van der Waals surface area contributed by atoms with Crippen molar-refractivity contribution in [3.05, 3.63) is 34.3 Å². The molecule has 0 unspecified atom stereocenters. The highest BCUT2D eigenvalue weighted by molar-refractivity contribution is 9.10. The van der Waals surface area contributed by atoms with E-state index in [1.807, 2.05) is 0 Å². The van der Waals surface area contributed by atoms with E-state index in [2.05, 4.69) is 40.2 Å². The normalized spacial score (nSPS) is 17.3. The lowest BCUT2D eigenvalue weighted by molar-refractivity contribution is 0.521. The van der Waals surface area contributed by atoms with E-state index < -0.39 is 0 Å². The highest BCUT2D eigenvalue weighted by Gasteiger charge is 2.40. The van der Waals surface area contributed by atoms with Gasteiger partial charge in [-0.25, -0.2) is 0 Å². The Hall–Kier alpha value is -0.0500. The average molecular weight is 277 g/mol. The monoisotopic (exact) mass is 275 g/mol. The first-order valence-corrected chi connectivity index (χ1v) is 5.48. The van der Waals surface area contributed by atoms with Crippen LogP contribution in [0.15, 0.2) is 28.7 Å². The predicted molar refractivity (Wildman–Crippen MR) is 65.8 cm³/mol. The van der Waals surface area contributed by atoms with Gasteiger partial charge in [0.15, 0.2) is 0 Å². The van der Waals surface area contributed by atoms with Crippen LogP contribution in [0.4, 0.5) is 0 Å². The maximum atomic E-state index is 5.74. The molecule has 2 N–H and O–H groups in total. The summed E-state index contributed by atoms with van der Waals surface area (Å²) in [4.78, 5) is 0. The third kappa shape index (κ3) is 2.72. The molecule has 1 nitrogen and oxygen atoms in total. The predicted octanol–water partition coefficient (Wildman–Crippen LogP) is 3.15. The second kappa shape index (κ2) is 4.65. The molecule has 14 heavy (non-hydrogen) atoms. The fourth-order valence-corrected chi connectivity index (χ4v) is 1.93. The van der Waals surface area contributed by atoms with Crippen molar-refractivity contribution in [2.45, 2.75) is 19.3 Å².